The summed E-state index contributed by atoms with van der Waals surface area (Å²) >= 11 is 0. The minimum Gasteiger partial charge on any atom is -0.381 e. The number of piperidine rings is 2. The molecule has 4 aliphatic heterocycles. The summed E-state index contributed by atoms with van der Waals surface area (Å²) in [4.78, 5) is 51.0. The Morgan fingerprint density at radius 2 is 1.94 bits per heavy atom. The maximum Gasteiger partial charge on any atom is 0.262 e. The van der Waals surface area contributed by atoms with Crippen LogP contribution in [-0.4, -0.2) is 66.9 Å². The molecule has 3 N–H and O–H groups in total. The van der Waals surface area contributed by atoms with E-state index in [1.54, 1.807) is 12.1 Å². The van der Waals surface area contributed by atoms with E-state index < -0.39 is 23.8 Å². The topological polar surface area (TPSA) is 117 Å². The van der Waals surface area contributed by atoms with E-state index in [-0.39, 0.29) is 30.2 Å². The summed E-state index contributed by atoms with van der Waals surface area (Å²) in [6.07, 6.45) is 3.41. The van der Waals surface area contributed by atoms with Crippen molar-refractivity contribution in [2.75, 3.05) is 26.3 Å². The first-order valence-corrected chi connectivity index (χ1v) is 11.3. The first-order valence-electron chi connectivity index (χ1n) is 11.3. The lowest BCUT2D eigenvalue weighted by molar-refractivity contribution is -0.136. The summed E-state index contributed by atoms with van der Waals surface area (Å²) < 4.78 is 5.54. The Balaban J connectivity index is 1.31. The van der Waals surface area contributed by atoms with E-state index in [1.165, 1.54) is 0 Å². The van der Waals surface area contributed by atoms with Gasteiger partial charge < -0.3 is 15.4 Å². The quantitative estimate of drug-likeness (QED) is 0.578. The standard InChI is InChI=1S/C23H28N4O5/c28-18-5-4-17(20(29)26-18)27-21(30)16-3-1-2-14(19(16)22(27)31)11-25-15-10-23(13-24-12-15)6-8-32-9-7-23/h1-3,15,17,24-25H,4-13H2,(H,26,28,29). The average molecular weight is 441 g/mol. The lowest BCUT2D eigenvalue weighted by Gasteiger charge is -2.44. The monoisotopic (exact) mass is 440 g/mol. The van der Waals surface area contributed by atoms with Gasteiger partial charge in [0.05, 0.1) is 11.1 Å². The molecule has 3 fully saturated rings. The van der Waals surface area contributed by atoms with Crippen LogP contribution in [0.5, 0.6) is 0 Å². The van der Waals surface area contributed by atoms with Gasteiger partial charge in [0.25, 0.3) is 11.8 Å². The predicted molar refractivity (Wildman–Crippen MR) is 114 cm³/mol. The van der Waals surface area contributed by atoms with Crippen LogP contribution in [-0.2, 0) is 20.9 Å². The number of carbonyl (C=O) groups excluding carboxylic acids is 4. The van der Waals surface area contributed by atoms with Crippen molar-refractivity contribution in [1.82, 2.24) is 20.9 Å². The lowest BCUT2D eigenvalue weighted by atomic mass is 9.73. The van der Waals surface area contributed by atoms with Crippen LogP contribution in [0.4, 0.5) is 0 Å². The van der Waals surface area contributed by atoms with Crippen LogP contribution in [0, 0.1) is 5.41 Å². The molecule has 1 aromatic rings. The average Bonchev–Trinajstić information content (AvgIpc) is 3.04. The summed E-state index contributed by atoms with van der Waals surface area (Å²) in [6, 6.07) is 4.57. The predicted octanol–water partition coefficient (Wildman–Crippen LogP) is 0.336. The number of rotatable bonds is 4. The summed E-state index contributed by atoms with van der Waals surface area (Å²) in [7, 11) is 0. The number of amides is 4. The third kappa shape index (κ3) is 3.74. The van der Waals surface area contributed by atoms with E-state index >= 15 is 0 Å². The van der Waals surface area contributed by atoms with E-state index in [9.17, 15) is 19.2 Å². The van der Waals surface area contributed by atoms with Crippen molar-refractivity contribution < 1.29 is 23.9 Å². The highest BCUT2D eigenvalue weighted by atomic mass is 16.5. The van der Waals surface area contributed by atoms with Crippen LogP contribution in [0.25, 0.3) is 0 Å². The van der Waals surface area contributed by atoms with Crippen molar-refractivity contribution in [1.29, 1.82) is 0 Å². The number of hydrogen-bond acceptors (Lipinski definition) is 7. The number of hydrogen-bond donors (Lipinski definition) is 3. The molecule has 1 aromatic carbocycles. The first kappa shape index (κ1) is 21.2. The fourth-order valence-electron chi connectivity index (χ4n) is 5.49. The van der Waals surface area contributed by atoms with E-state index in [0.717, 1.165) is 56.0 Å². The Morgan fingerprint density at radius 1 is 1.12 bits per heavy atom. The fourth-order valence-corrected chi connectivity index (χ4v) is 5.49. The van der Waals surface area contributed by atoms with Gasteiger partial charge in [-0.1, -0.05) is 12.1 Å². The number of imide groups is 2. The maximum absolute atomic E-state index is 13.2. The number of ether oxygens (including phenoxy) is 1. The second-order valence-electron chi connectivity index (χ2n) is 9.31. The van der Waals surface area contributed by atoms with Gasteiger partial charge in [0.2, 0.25) is 11.8 Å². The zero-order valence-corrected chi connectivity index (χ0v) is 17.9. The van der Waals surface area contributed by atoms with Gasteiger partial charge in [-0.2, -0.15) is 0 Å². The molecule has 0 aliphatic carbocycles. The van der Waals surface area contributed by atoms with E-state index in [1.807, 2.05) is 6.07 Å². The first-order chi connectivity index (χ1) is 15.5. The minimum absolute atomic E-state index is 0.111. The van der Waals surface area contributed by atoms with Crippen LogP contribution in [0.2, 0.25) is 0 Å². The molecule has 2 atom stereocenters. The molecular weight excluding hydrogens is 412 g/mol. The molecule has 1 spiro atoms. The van der Waals surface area contributed by atoms with Crippen LogP contribution in [0.3, 0.4) is 0 Å². The Kier molecular flexibility index (Phi) is 5.56. The third-order valence-electron chi connectivity index (χ3n) is 7.26. The van der Waals surface area contributed by atoms with E-state index in [4.69, 9.17) is 4.74 Å². The summed E-state index contributed by atoms with van der Waals surface area (Å²) in [5.74, 6) is -1.90. The summed E-state index contributed by atoms with van der Waals surface area (Å²) in [5.41, 5.74) is 1.68. The van der Waals surface area contributed by atoms with Gasteiger partial charge in [-0.25, -0.2) is 0 Å². The normalized spacial score (nSPS) is 27.6. The Hall–Kier alpha value is -2.62. The fraction of sp³-hybridized carbons (Fsp3) is 0.565. The Bertz CT molecular complexity index is 966. The van der Waals surface area contributed by atoms with E-state index in [0.29, 0.717) is 17.7 Å². The van der Waals surface area contributed by atoms with Crippen molar-refractivity contribution in [2.24, 2.45) is 5.41 Å². The Morgan fingerprint density at radius 3 is 2.72 bits per heavy atom. The largest absolute Gasteiger partial charge is 0.381 e. The second kappa shape index (κ2) is 8.38. The molecule has 0 saturated carbocycles. The lowest BCUT2D eigenvalue weighted by Crippen LogP contribution is -2.54. The van der Waals surface area contributed by atoms with Crippen LogP contribution < -0.4 is 16.0 Å². The zero-order valence-electron chi connectivity index (χ0n) is 17.9. The molecular formula is C23H28N4O5. The molecule has 0 bridgehead atoms. The number of fused-ring (bicyclic) bond motifs is 1. The molecule has 9 heteroatoms. The minimum atomic E-state index is -0.947. The van der Waals surface area contributed by atoms with Crippen LogP contribution >= 0.6 is 0 Å². The third-order valence-corrected chi connectivity index (χ3v) is 7.26. The molecule has 4 heterocycles. The molecule has 5 rings (SSSR count). The molecule has 32 heavy (non-hydrogen) atoms. The maximum atomic E-state index is 13.2. The molecule has 0 radical (unpaired) electrons. The molecule has 3 saturated heterocycles. The van der Waals surface area contributed by atoms with Gasteiger partial charge in [-0.05, 0) is 42.7 Å². The van der Waals surface area contributed by atoms with Gasteiger partial charge >= 0.3 is 0 Å². The molecule has 2 unspecified atom stereocenters. The van der Waals surface area contributed by atoms with Crippen molar-refractivity contribution in [2.45, 2.75) is 50.7 Å². The molecule has 9 nitrogen and oxygen atoms in total. The van der Waals surface area contributed by atoms with Crippen molar-refractivity contribution in [3.05, 3.63) is 34.9 Å². The SMILES string of the molecule is O=C1CCC(N2C(=O)c3cccc(CNC4CNCC5(CCOCC5)C4)c3C2=O)C(=O)N1. The van der Waals surface area contributed by atoms with Gasteiger partial charge in [-0.3, -0.25) is 29.4 Å². The highest BCUT2D eigenvalue weighted by Gasteiger charge is 2.45. The zero-order chi connectivity index (χ0) is 22.3. The second-order valence-corrected chi connectivity index (χ2v) is 9.31. The highest BCUT2D eigenvalue weighted by Crippen LogP contribution is 2.37. The summed E-state index contributed by atoms with van der Waals surface area (Å²) in [6.45, 7) is 3.92. The van der Waals surface area contributed by atoms with Gasteiger partial charge in [0, 0.05) is 45.3 Å². The number of nitrogens with one attached hydrogen (secondary N) is 3. The van der Waals surface area contributed by atoms with Gasteiger partial charge in [0.15, 0.2) is 0 Å². The number of benzene rings is 1. The van der Waals surface area contributed by atoms with E-state index in [2.05, 4.69) is 16.0 Å². The highest BCUT2D eigenvalue weighted by molar-refractivity contribution is 6.24. The van der Waals surface area contributed by atoms with Crippen LogP contribution in [0.15, 0.2) is 18.2 Å². The van der Waals surface area contributed by atoms with Crippen molar-refractivity contribution in [3.63, 3.8) is 0 Å². The molecule has 4 amide bonds. The molecule has 0 aromatic heterocycles. The molecule has 170 valence electrons. The van der Waals surface area contributed by atoms with Gasteiger partial charge in [0.1, 0.15) is 6.04 Å². The number of carbonyl (C=O) groups is 4. The summed E-state index contributed by atoms with van der Waals surface area (Å²) in [5, 5.41) is 9.35. The molecule has 4 aliphatic rings. The van der Waals surface area contributed by atoms with Crippen molar-refractivity contribution in [3.8, 4) is 0 Å². The Labute approximate surface area is 186 Å². The van der Waals surface area contributed by atoms with Crippen molar-refractivity contribution >= 4 is 23.6 Å². The smallest absolute Gasteiger partial charge is 0.262 e. The van der Waals surface area contributed by atoms with Crippen LogP contribution in [0.1, 0.15) is 58.4 Å². The number of nitrogens with zero attached hydrogens (tertiary/aromatic N) is 1. The van der Waals surface area contributed by atoms with Gasteiger partial charge in [-0.15, -0.1) is 0 Å².